The van der Waals surface area contributed by atoms with E-state index in [9.17, 15) is 0 Å². The van der Waals surface area contributed by atoms with E-state index in [1.807, 2.05) is 0 Å². The maximum Gasteiger partial charge on any atom is -0.0289 e. The number of hydrogen-bond donors (Lipinski definition) is 0. The Morgan fingerprint density at radius 3 is 2.33 bits per heavy atom. The van der Waals surface area contributed by atoms with Gasteiger partial charge in [-0.1, -0.05) is 26.2 Å². The van der Waals surface area contributed by atoms with Crippen LogP contribution in [-0.2, 0) is 0 Å². The fraction of sp³-hybridized carbons (Fsp3) is 0.875. The Kier molecular flexibility index (Phi) is 6.86. The molecule has 55 valence electrons. The lowest BCUT2D eigenvalue weighted by Crippen LogP contribution is -1.80. The molecular weight excluding hydrogens is 127 g/mol. The highest BCUT2D eigenvalue weighted by Crippen LogP contribution is 2.28. The van der Waals surface area contributed by atoms with Crippen LogP contribution in [0.15, 0.2) is 0 Å². The van der Waals surface area contributed by atoms with Gasteiger partial charge in [0.25, 0.3) is 0 Å². The van der Waals surface area contributed by atoms with Gasteiger partial charge in [-0.2, -0.15) is 0 Å². The van der Waals surface area contributed by atoms with Crippen LogP contribution in [0, 0.1) is 6.66 Å². The second-order valence-electron chi connectivity index (χ2n) is 2.64. The first-order valence-electron chi connectivity index (χ1n) is 3.79. The highest BCUT2D eigenvalue weighted by Gasteiger charge is 1.91. The summed E-state index contributed by atoms with van der Waals surface area (Å²) in [4.78, 5) is 0. The lowest BCUT2D eigenvalue weighted by atomic mass is 10.2. The largest absolute Gasteiger partial charge is 0.110 e. The van der Waals surface area contributed by atoms with E-state index in [0.717, 1.165) is 0 Å². The van der Waals surface area contributed by atoms with Gasteiger partial charge in [0.2, 0.25) is 0 Å². The SMILES string of the molecule is [CH2]P(C)CCCCCC. The van der Waals surface area contributed by atoms with Crippen molar-refractivity contribution >= 4 is 7.92 Å². The summed E-state index contributed by atoms with van der Waals surface area (Å²) in [6, 6.07) is 0. The van der Waals surface area contributed by atoms with Gasteiger partial charge in [-0.3, -0.25) is 0 Å². The van der Waals surface area contributed by atoms with Gasteiger partial charge in [0.1, 0.15) is 0 Å². The maximum absolute atomic E-state index is 4.00. The number of unbranched alkanes of at least 4 members (excludes halogenated alkanes) is 3. The van der Waals surface area contributed by atoms with E-state index in [1.54, 1.807) is 0 Å². The Labute approximate surface area is 60.8 Å². The van der Waals surface area contributed by atoms with Crippen molar-refractivity contribution in [2.24, 2.45) is 0 Å². The number of hydrogen-bond acceptors (Lipinski definition) is 0. The molecule has 0 spiro atoms. The Hall–Kier alpha value is 0.430. The van der Waals surface area contributed by atoms with Crippen LogP contribution in [0.4, 0.5) is 0 Å². The van der Waals surface area contributed by atoms with Crippen LogP contribution >= 0.6 is 7.92 Å². The molecular formula is C8H18P. The Balaban J connectivity index is 2.75. The van der Waals surface area contributed by atoms with Crippen molar-refractivity contribution in [3.05, 3.63) is 6.66 Å². The molecule has 0 N–H and O–H groups in total. The molecule has 1 heteroatoms. The predicted octanol–water partition coefficient (Wildman–Crippen LogP) is 3.47. The summed E-state index contributed by atoms with van der Waals surface area (Å²) < 4.78 is 0. The van der Waals surface area contributed by atoms with E-state index in [4.69, 9.17) is 0 Å². The predicted molar refractivity (Wildman–Crippen MR) is 47.2 cm³/mol. The van der Waals surface area contributed by atoms with E-state index in [0.29, 0.717) is 0 Å². The maximum atomic E-state index is 4.00. The highest BCUT2D eigenvalue weighted by atomic mass is 31.1. The smallest absolute Gasteiger partial charge is 0.0289 e. The summed E-state index contributed by atoms with van der Waals surface area (Å²) in [6.45, 7) is 8.50. The molecule has 0 amide bonds. The van der Waals surface area contributed by atoms with E-state index in [2.05, 4.69) is 20.3 Å². The normalized spacial score (nSPS) is 10.7. The van der Waals surface area contributed by atoms with E-state index >= 15 is 0 Å². The van der Waals surface area contributed by atoms with Crippen LogP contribution in [-0.4, -0.2) is 12.8 Å². The molecule has 1 unspecified atom stereocenters. The molecule has 0 aliphatic carbocycles. The highest BCUT2D eigenvalue weighted by molar-refractivity contribution is 7.58. The van der Waals surface area contributed by atoms with Crippen LogP contribution in [0.1, 0.15) is 32.6 Å². The molecule has 9 heavy (non-hydrogen) atoms. The first kappa shape index (κ1) is 9.43. The lowest BCUT2D eigenvalue weighted by molar-refractivity contribution is 0.705. The van der Waals surface area contributed by atoms with Gasteiger partial charge in [0.05, 0.1) is 0 Å². The Morgan fingerprint density at radius 1 is 1.22 bits per heavy atom. The molecule has 0 nitrogen and oxygen atoms in total. The van der Waals surface area contributed by atoms with Gasteiger partial charge in [0.15, 0.2) is 0 Å². The summed E-state index contributed by atoms with van der Waals surface area (Å²) in [5, 5.41) is 0. The lowest BCUT2D eigenvalue weighted by Gasteiger charge is -2.02. The van der Waals surface area contributed by atoms with Crippen molar-refractivity contribution in [1.29, 1.82) is 0 Å². The molecule has 0 bridgehead atoms. The van der Waals surface area contributed by atoms with Crippen molar-refractivity contribution in [3.63, 3.8) is 0 Å². The minimum absolute atomic E-state index is 0.133. The third-order valence-corrected chi connectivity index (χ3v) is 2.47. The fourth-order valence-electron chi connectivity index (χ4n) is 0.808. The molecule has 0 heterocycles. The van der Waals surface area contributed by atoms with Crippen LogP contribution in [0.2, 0.25) is 0 Å². The zero-order chi connectivity index (χ0) is 7.11. The standard InChI is InChI=1S/C8H18P/c1-4-5-6-7-8-9(2)3/h2,4-8H2,1,3H3. The molecule has 0 saturated carbocycles. The first-order valence-corrected chi connectivity index (χ1v) is 5.95. The van der Waals surface area contributed by atoms with Gasteiger partial charge in [0, 0.05) is 0 Å². The number of rotatable bonds is 5. The zero-order valence-corrected chi connectivity index (χ0v) is 7.58. The summed E-state index contributed by atoms with van der Waals surface area (Å²) in [7, 11) is 0.133. The molecule has 1 atom stereocenters. The van der Waals surface area contributed by atoms with Gasteiger partial charge in [-0.25, -0.2) is 0 Å². The van der Waals surface area contributed by atoms with Crippen LogP contribution in [0.3, 0.4) is 0 Å². The van der Waals surface area contributed by atoms with Gasteiger partial charge >= 0.3 is 0 Å². The first-order chi connectivity index (χ1) is 4.27. The fourth-order valence-corrected chi connectivity index (χ4v) is 1.57. The molecule has 0 aliphatic heterocycles. The molecule has 0 fully saturated rings. The summed E-state index contributed by atoms with van der Waals surface area (Å²) >= 11 is 0. The molecule has 1 radical (unpaired) electrons. The summed E-state index contributed by atoms with van der Waals surface area (Å²) in [6.07, 6.45) is 6.94. The van der Waals surface area contributed by atoms with E-state index in [1.165, 1.54) is 31.8 Å². The molecule has 0 aliphatic rings. The average Bonchev–Trinajstić information content (AvgIpc) is 1.80. The average molecular weight is 145 g/mol. The summed E-state index contributed by atoms with van der Waals surface area (Å²) in [5.74, 6) is 0. The topological polar surface area (TPSA) is 0 Å². The Morgan fingerprint density at radius 2 is 1.89 bits per heavy atom. The third kappa shape index (κ3) is 8.43. The van der Waals surface area contributed by atoms with E-state index < -0.39 is 0 Å². The zero-order valence-electron chi connectivity index (χ0n) is 6.69. The van der Waals surface area contributed by atoms with Gasteiger partial charge in [-0.15, -0.1) is 7.92 Å². The quantitative estimate of drug-likeness (QED) is 0.410. The molecule has 0 aromatic rings. The monoisotopic (exact) mass is 145 g/mol. The van der Waals surface area contributed by atoms with Gasteiger partial charge < -0.3 is 0 Å². The molecule has 0 aromatic carbocycles. The third-order valence-electron chi connectivity index (χ3n) is 1.39. The molecule has 0 aromatic heterocycles. The van der Waals surface area contributed by atoms with Gasteiger partial charge in [-0.05, 0) is 25.9 Å². The van der Waals surface area contributed by atoms with Crippen LogP contribution in [0.5, 0.6) is 0 Å². The molecule has 0 rings (SSSR count). The minimum Gasteiger partial charge on any atom is -0.110 e. The Bertz CT molecular complexity index is 50.5. The van der Waals surface area contributed by atoms with Crippen molar-refractivity contribution in [1.82, 2.24) is 0 Å². The van der Waals surface area contributed by atoms with Crippen molar-refractivity contribution < 1.29 is 0 Å². The van der Waals surface area contributed by atoms with E-state index in [-0.39, 0.29) is 7.92 Å². The summed E-state index contributed by atoms with van der Waals surface area (Å²) in [5.41, 5.74) is 0. The van der Waals surface area contributed by atoms with Crippen molar-refractivity contribution in [2.45, 2.75) is 32.6 Å². The second kappa shape index (κ2) is 6.55. The molecule has 0 saturated heterocycles. The van der Waals surface area contributed by atoms with Crippen LogP contribution < -0.4 is 0 Å². The second-order valence-corrected chi connectivity index (χ2v) is 4.80. The minimum atomic E-state index is 0.133. The van der Waals surface area contributed by atoms with Crippen LogP contribution in [0.25, 0.3) is 0 Å². The van der Waals surface area contributed by atoms with Crippen molar-refractivity contribution in [2.75, 3.05) is 12.8 Å². The van der Waals surface area contributed by atoms with Crippen molar-refractivity contribution in [3.8, 4) is 0 Å².